The molecule has 130 valence electrons. The maximum Gasteiger partial charge on any atom is 0.191 e. The number of ether oxygens (including phenoxy) is 1. The maximum absolute atomic E-state index is 5.33. The number of nitrogens with one attached hydrogen (secondary N) is 2. The van der Waals surface area contributed by atoms with Gasteiger partial charge in [0.25, 0.3) is 0 Å². The highest BCUT2D eigenvalue weighted by Crippen LogP contribution is 2.22. The summed E-state index contributed by atoms with van der Waals surface area (Å²) in [4.78, 5) is 6.42. The quantitative estimate of drug-likeness (QED) is 0.602. The molecule has 6 nitrogen and oxygen atoms in total. The molecule has 0 aliphatic carbocycles. The molecule has 0 aliphatic rings. The van der Waals surface area contributed by atoms with Gasteiger partial charge in [0, 0.05) is 13.6 Å². The Hall–Kier alpha value is -2.47. The van der Waals surface area contributed by atoms with Crippen LogP contribution in [0.2, 0.25) is 0 Å². The molecule has 0 saturated heterocycles. The van der Waals surface area contributed by atoms with E-state index in [1.54, 1.807) is 20.4 Å². The number of methoxy groups -OCH3 is 1. The van der Waals surface area contributed by atoms with Crippen molar-refractivity contribution in [1.82, 2.24) is 15.5 Å². The molecule has 0 radical (unpaired) electrons. The minimum absolute atomic E-state index is 0.197. The van der Waals surface area contributed by atoms with Gasteiger partial charge >= 0.3 is 0 Å². The highest BCUT2D eigenvalue weighted by atomic mass is 16.5. The van der Waals surface area contributed by atoms with Gasteiger partial charge in [-0.2, -0.15) is 0 Å². The van der Waals surface area contributed by atoms with Gasteiger partial charge in [-0.1, -0.05) is 12.1 Å². The molecule has 0 unspecified atom stereocenters. The molecule has 2 rings (SSSR count). The highest BCUT2D eigenvalue weighted by molar-refractivity contribution is 5.79. The molecule has 1 aromatic heterocycles. The summed E-state index contributed by atoms with van der Waals surface area (Å²) in [6.45, 7) is 1.32. The van der Waals surface area contributed by atoms with Gasteiger partial charge in [-0.15, -0.1) is 0 Å². The topological polar surface area (TPSA) is 62.0 Å². The predicted molar refractivity (Wildman–Crippen MR) is 96.3 cm³/mol. The van der Waals surface area contributed by atoms with Crippen molar-refractivity contribution < 1.29 is 9.15 Å². The van der Waals surface area contributed by atoms with Crippen LogP contribution in [-0.2, 0) is 6.54 Å². The van der Waals surface area contributed by atoms with Gasteiger partial charge in [-0.3, -0.25) is 4.99 Å². The Morgan fingerprint density at radius 3 is 2.71 bits per heavy atom. The molecule has 0 aliphatic heterocycles. The van der Waals surface area contributed by atoms with Crippen molar-refractivity contribution in [2.75, 3.05) is 34.8 Å². The zero-order valence-corrected chi connectivity index (χ0v) is 14.7. The van der Waals surface area contributed by atoms with Crippen LogP contribution in [0.5, 0.6) is 5.75 Å². The normalized spacial score (nSPS) is 13.0. The van der Waals surface area contributed by atoms with Crippen LogP contribution in [0.15, 0.2) is 52.1 Å². The van der Waals surface area contributed by atoms with Crippen molar-refractivity contribution in [1.29, 1.82) is 0 Å². The van der Waals surface area contributed by atoms with Gasteiger partial charge in [0.1, 0.15) is 11.5 Å². The lowest BCUT2D eigenvalue weighted by Gasteiger charge is -2.26. The number of benzene rings is 1. The minimum atomic E-state index is 0.197. The van der Waals surface area contributed by atoms with Crippen molar-refractivity contribution in [3.63, 3.8) is 0 Å². The summed E-state index contributed by atoms with van der Waals surface area (Å²) < 4.78 is 10.6. The molecule has 0 saturated carbocycles. The third kappa shape index (κ3) is 5.03. The summed E-state index contributed by atoms with van der Waals surface area (Å²) in [6.07, 6.45) is 1.66. The van der Waals surface area contributed by atoms with Crippen molar-refractivity contribution in [2.45, 2.75) is 12.6 Å². The Labute approximate surface area is 143 Å². The average Bonchev–Trinajstić information content (AvgIpc) is 3.11. The van der Waals surface area contributed by atoms with E-state index in [1.807, 2.05) is 24.3 Å². The average molecular weight is 330 g/mol. The lowest BCUT2D eigenvalue weighted by molar-refractivity contribution is 0.297. The number of furan rings is 1. The van der Waals surface area contributed by atoms with Crippen molar-refractivity contribution in [3.8, 4) is 5.75 Å². The third-order valence-electron chi connectivity index (χ3n) is 3.80. The van der Waals surface area contributed by atoms with Gasteiger partial charge in [0.2, 0.25) is 0 Å². The lowest BCUT2D eigenvalue weighted by Crippen LogP contribution is -2.41. The lowest BCUT2D eigenvalue weighted by atomic mass is 10.1. The van der Waals surface area contributed by atoms with Crippen LogP contribution in [0.3, 0.4) is 0 Å². The first-order valence-corrected chi connectivity index (χ1v) is 7.91. The number of rotatable bonds is 7. The molecule has 0 fully saturated rings. The highest BCUT2D eigenvalue weighted by Gasteiger charge is 2.15. The maximum atomic E-state index is 5.33. The molecule has 0 spiro atoms. The summed E-state index contributed by atoms with van der Waals surface area (Å²) in [7, 11) is 7.56. The van der Waals surface area contributed by atoms with Gasteiger partial charge in [0.05, 0.1) is 26.0 Å². The molecule has 2 aromatic rings. The van der Waals surface area contributed by atoms with E-state index in [9.17, 15) is 0 Å². The molecule has 24 heavy (non-hydrogen) atoms. The fourth-order valence-corrected chi connectivity index (χ4v) is 2.45. The van der Waals surface area contributed by atoms with E-state index in [-0.39, 0.29) is 6.04 Å². The van der Waals surface area contributed by atoms with Gasteiger partial charge in [0.15, 0.2) is 5.96 Å². The van der Waals surface area contributed by atoms with E-state index in [2.05, 4.69) is 46.8 Å². The zero-order valence-electron chi connectivity index (χ0n) is 14.7. The predicted octanol–water partition coefficient (Wildman–Crippen LogP) is 2.26. The minimum Gasteiger partial charge on any atom is -0.497 e. The molecule has 1 heterocycles. The molecular weight excluding hydrogens is 304 g/mol. The number of likely N-dealkylation sites (N-methyl/N-ethyl adjacent to an activating group) is 1. The molecule has 1 atom stereocenters. The Kier molecular flexibility index (Phi) is 6.69. The number of nitrogens with zero attached hydrogens (tertiary/aromatic N) is 2. The molecule has 2 N–H and O–H groups in total. The standard InChI is InChI=1S/C18H26N4O2/c1-19-18(20-12-16-9-6-10-24-16)21-13-17(22(2)3)14-7-5-8-15(11-14)23-4/h5-11,17H,12-13H2,1-4H3,(H2,19,20,21)/t17-/m1/s1. The SMILES string of the molecule is CN=C(NCc1ccco1)NC[C@H](c1cccc(OC)c1)N(C)C. The molecule has 0 amide bonds. The summed E-state index contributed by atoms with van der Waals surface area (Å²) in [5.41, 5.74) is 1.19. The number of guanidine groups is 1. The van der Waals surface area contributed by atoms with E-state index < -0.39 is 0 Å². The monoisotopic (exact) mass is 330 g/mol. The summed E-state index contributed by atoms with van der Waals surface area (Å²) in [6, 6.07) is 12.1. The van der Waals surface area contributed by atoms with E-state index >= 15 is 0 Å². The second-order valence-electron chi connectivity index (χ2n) is 5.64. The Morgan fingerprint density at radius 1 is 1.25 bits per heavy atom. The van der Waals surface area contributed by atoms with E-state index in [1.165, 1.54) is 5.56 Å². The van der Waals surface area contributed by atoms with Crippen LogP contribution in [-0.4, -0.2) is 45.7 Å². The van der Waals surface area contributed by atoms with Crippen LogP contribution in [0.4, 0.5) is 0 Å². The summed E-state index contributed by atoms with van der Waals surface area (Å²) >= 11 is 0. The number of hydrogen-bond donors (Lipinski definition) is 2. The first-order valence-electron chi connectivity index (χ1n) is 7.91. The Balaban J connectivity index is 1.96. The Morgan fingerprint density at radius 2 is 2.08 bits per heavy atom. The molecule has 1 aromatic carbocycles. The van der Waals surface area contributed by atoms with Crippen molar-refractivity contribution in [3.05, 3.63) is 54.0 Å². The van der Waals surface area contributed by atoms with Crippen LogP contribution in [0.1, 0.15) is 17.4 Å². The van der Waals surface area contributed by atoms with Crippen LogP contribution >= 0.6 is 0 Å². The first kappa shape index (κ1) is 17.9. The van der Waals surface area contributed by atoms with Gasteiger partial charge in [-0.05, 0) is 43.9 Å². The van der Waals surface area contributed by atoms with Crippen molar-refractivity contribution in [2.24, 2.45) is 4.99 Å². The smallest absolute Gasteiger partial charge is 0.191 e. The Bertz CT molecular complexity index is 638. The second kappa shape index (κ2) is 8.98. The van der Waals surface area contributed by atoms with Gasteiger partial charge in [-0.25, -0.2) is 0 Å². The number of hydrogen-bond acceptors (Lipinski definition) is 4. The summed E-state index contributed by atoms with van der Waals surface area (Å²) in [5, 5.41) is 6.61. The molecule has 0 bridgehead atoms. The van der Waals surface area contributed by atoms with E-state index in [0.29, 0.717) is 6.54 Å². The zero-order chi connectivity index (χ0) is 17.4. The van der Waals surface area contributed by atoms with Crippen LogP contribution in [0.25, 0.3) is 0 Å². The number of aliphatic imine (C=N–C) groups is 1. The molecular formula is C18H26N4O2. The van der Waals surface area contributed by atoms with Crippen molar-refractivity contribution >= 4 is 5.96 Å². The fourth-order valence-electron chi connectivity index (χ4n) is 2.45. The van der Waals surface area contributed by atoms with Crippen LogP contribution < -0.4 is 15.4 Å². The first-order chi connectivity index (χ1) is 11.6. The fraction of sp³-hybridized carbons (Fsp3) is 0.389. The van der Waals surface area contributed by atoms with Gasteiger partial charge < -0.3 is 24.7 Å². The molecule has 6 heteroatoms. The van der Waals surface area contributed by atoms with Crippen LogP contribution in [0, 0.1) is 0 Å². The van der Waals surface area contributed by atoms with E-state index in [4.69, 9.17) is 9.15 Å². The second-order valence-corrected chi connectivity index (χ2v) is 5.64. The summed E-state index contributed by atoms with van der Waals surface area (Å²) in [5.74, 6) is 2.47. The third-order valence-corrected chi connectivity index (χ3v) is 3.80. The van der Waals surface area contributed by atoms with E-state index in [0.717, 1.165) is 24.0 Å². The largest absolute Gasteiger partial charge is 0.497 e.